The molecule has 2 rings (SSSR count). The molecule has 1 aromatic carbocycles. The molecule has 0 radical (unpaired) electrons. The smallest absolute Gasteiger partial charge is 0.266 e. The van der Waals surface area contributed by atoms with E-state index in [9.17, 15) is 9.18 Å². The van der Waals surface area contributed by atoms with Crippen molar-refractivity contribution in [1.82, 2.24) is 0 Å². The maximum atomic E-state index is 13.1. The van der Waals surface area contributed by atoms with Gasteiger partial charge >= 0.3 is 0 Å². The molecule has 3 nitrogen and oxygen atoms in total. The predicted molar refractivity (Wildman–Crippen MR) is 46.4 cm³/mol. The van der Waals surface area contributed by atoms with Crippen molar-refractivity contribution in [1.29, 1.82) is 0 Å². The van der Waals surface area contributed by atoms with Crippen LogP contribution in [0.15, 0.2) is 34.3 Å². The van der Waals surface area contributed by atoms with Gasteiger partial charge in [0, 0.05) is 0 Å². The van der Waals surface area contributed by atoms with Crippen molar-refractivity contribution in [3.63, 3.8) is 0 Å². The van der Waals surface area contributed by atoms with Crippen LogP contribution in [0.25, 0.3) is 0 Å². The van der Waals surface area contributed by atoms with Crippen LogP contribution in [0.3, 0.4) is 0 Å². The van der Waals surface area contributed by atoms with Gasteiger partial charge in [0.2, 0.25) is 0 Å². The highest BCUT2D eigenvalue weighted by atomic mass is 19.1. The van der Waals surface area contributed by atoms with Gasteiger partial charge in [-0.2, -0.15) is 4.99 Å². The van der Waals surface area contributed by atoms with Gasteiger partial charge < -0.3 is 0 Å². The van der Waals surface area contributed by atoms with Crippen LogP contribution in [-0.2, 0) is 4.79 Å². The van der Waals surface area contributed by atoms with E-state index in [-0.39, 0.29) is 11.4 Å². The Balaban J connectivity index is 2.48. The Morgan fingerprint density at radius 2 is 2.00 bits per heavy atom. The second-order valence-corrected chi connectivity index (χ2v) is 2.51. The van der Waals surface area contributed by atoms with Crippen LogP contribution in [0.5, 0.6) is 0 Å². The molecule has 0 bridgehead atoms. The van der Waals surface area contributed by atoms with Crippen molar-refractivity contribution >= 4 is 18.0 Å². The standard InChI is InChI=1S/C9H5FN2O/c10-7-4-2-1-3-6(7)9-11-5-8(13)12-9/h1-5H. The average molecular weight is 176 g/mol. The van der Waals surface area contributed by atoms with Gasteiger partial charge in [-0.3, -0.25) is 4.79 Å². The molecule has 13 heavy (non-hydrogen) atoms. The van der Waals surface area contributed by atoms with Gasteiger partial charge in [-0.1, -0.05) is 12.1 Å². The number of halogens is 1. The van der Waals surface area contributed by atoms with Crippen molar-refractivity contribution in [3.8, 4) is 0 Å². The lowest BCUT2D eigenvalue weighted by atomic mass is 10.2. The summed E-state index contributed by atoms with van der Waals surface area (Å²) in [5.41, 5.74) is 0.254. The molecular weight excluding hydrogens is 171 g/mol. The molecule has 1 aromatic rings. The summed E-state index contributed by atoms with van der Waals surface area (Å²) < 4.78 is 13.1. The lowest BCUT2D eigenvalue weighted by Gasteiger charge is -1.97. The zero-order valence-corrected chi connectivity index (χ0v) is 6.57. The SMILES string of the molecule is O=C1C=NC(c2ccccc2F)=N1. The zero-order chi connectivity index (χ0) is 9.26. The van der Waals surface area contributed by atoms with Crippen LogP contribution in [0.4, 0.5) is 4.39 Å². The second-order valence-electron chi connectivity index (χ2n) is 2.51. The maximum Gasteiger partial charge on any atom is 0.290 e. The number of amides is 1. The summed E-state index contributed by atoms with van der Waals surface area (Å²) in [5.74, 6) is -0.727. The molecule has 0 aromatic heterocycles. The molecule has 0 saturated carbocycles. The summed E-state index contributed by atoms with van der Waals surface area (Å²) >= 11 is 0. The molecule has 0 unspecified atom stereocenters. The maximum absolute atomic E-state index is 13.1. The third kappa shape index (κ3) is 1.38. The van der Waals surface area contributed by atoms with E-state index in [4.69, 9.17) is 0 Å². The lowest BCUT2D eigenvalue weighted by Crippen LogP contribution is -1.97. The minimum Gasteiger partial charge on any atom is -0.266 e. The van der Waals surface area contributed by atoms with Crippen molar-refractivity contribution in [2.75, 3.05) is 0 Å². The minimum atomic E-state index is -0.446. The monoisotopic (exact) mass is 176 g/mol. The normalized spacial score (nSPS) is 14.8. The third-order valence-corrected chi connectivity index (χ3v) is 1.63. The fourth-order valence-corrected chi connectivity index (χ4v) is 1.05. The summed E-state index contributed by atoms with van der Waals surface area (Å²) in [5, 5.41) is 0. The molecule has 1 aliphatic rings. The number of carbonyl (C=O) groups is 1. The van der Waals surface area contributed by atoms with Gasteiger partial charge in [-0.25, -0.2) is 9.38 Å². The molecule has 64 valence electrons. The Morgan fingerprint density at radius 3 is 2.62 bits per heavy atom. The van der Waals surface area contributed by atoms with Gasteiger partial charge in [0.15, 0.2) is 5.84 Å². The first kappa shape index (κ1) is 7.79. The van der Waals surface area contributed by atoms with E-state index < -0.39 is 11.7 Å². The first-order valence-electron chi connectivity index (χ1n) is 3.69. The summed E-state index contributed by atoms with van der Waals surface area (Å²) in [6, 6.07) is 6.07. The van der Waals surface area contributed by atoms with Crippen LogP contribution in [0.2, 0.25) is 0 Å². The van der Waals surface area contributed by atoms with Crippen molar-refractivity contribution in [2.24, 2.45) is 9.98 Å². The van der Waals surface area contributed by atoms with Crippen molar-refractivity contribution < 1.29 is 9.18 Å². The molecule has 1 amide bonds. The fraction of sp³-hybridized carbons (Fsp3) is 0. The molecule has 0 atom stereocenters. The molecule has 4 heteroatoms. The highest BCUT2D eigenvalue weighted by Crippen LogP contribution is 2.10. The largest absolute Gasteiger partial charge is 0.290 e. The van der Waals surface area contributed by atoms with Gasteiger partial charge in [-0.15, -0.1) is 0 Å². The number of rotatable bonds is 1. The molecule has 0 aliphatic carbocycles. The van der Waals surface area contributed by atoms with E-state index in [0.29, 0.717) is 0 Å². The molecule has 0 spiro atoms. The number of hydrogen-bond acceptors (Lipinski definition) is 2. The van der Waals surface area contributed by atoms with Crippen LogP contribution >= 0.6 is 0 Å². The first-order chi connectivity index (χ1) is 6.27. The highest BCUT2D eigenvalue weighted by Gasteiger charge is 2.13. The lowest BCUT2D eigenvalue weighted by molar-refractivity contribution is -0.111. The summed E-state index contributed by atoms with van der Waals surface area (Å²) in [6.07, 6.45) is 1.07. The molecule has 0 fully saturated rings. The number of nitrogens with zero attached hydrogens (tertiary/aromatic N) is 2. The molecule has 1 aliphatic heterocycles. The van der Waals surface area contributed by atoms with Gasteiger partial charge in [0.1, 0.15) is 5.82 Å². The van der Waals surface area contributed by atoms with Gasteiger partial charge in [0.25, 0.3) is 5.91 Å². The Labute approximate surface area is 73.6 Å². The molecule has 0 N–H and O–H groups in total. The topological polar surface area (TPSA) is 41.8 Å². The van der Waals surface area contributed by atoms with Crippen molar-refractivity contribution in [2.45, 2.75) is 0 Å². The van der Waals surface area contributed by atoms with E-state index in [1.165, 1.54) is 12.1 Å². The predicted octanol–water partition coefficient (Wildman–Crippen LogP) is 1.18. The van der Waals surface area contributed by atoms with E-state index in [1.807, 2.05) is 0 Å². The quantitative estimate of drug-likeness (QED) is 0.633. The number of benzene rings is 1. The van der Waals surface area contributed by atoms with Crippen LogP contribution in [0, 0.1) is 5.82 Å². The minimum absolute atomic E-state index is 0.142. The Hall–Kier alpha value is -1.84. The van der Waals surface area contributed by atoms with Crippen LogP contribution in [-0.4, -0.2) is 18.0 Å². The summed E-state index contributed by atoms with van der Waals surface area (Å²) in [6.45, 7) is 0. The molecular formula is C9H5FN2O. The molecule has 1 heterocycles. The Bertz CT molecular complexity index is 423. The van der Waals surface area contributed by atoms with Crippen LogP contribution in [0.1, 0.15) is 5.56 Å². The van der Waals surface area contributed by atoms with E-state index in [2.05, 4.69) is 9.98 Å². The van der Waals surface area contributed by atoms with E-state index in [1.54, 1.807) is 12.1 Å². The summed E-state index contributed by atoms with van der Waals surface area (Å²) in [4.78, 5) is 17.9. The van der Waals surface area contributed by atoms with Crippen molar-refractivity contribution in [3.05, 3.63) is 35.6 Å². The summed E-state index contributed by atoms with van der Waals surface area (Å²) in [7, 11) is 0. The highest BCUT2D eigenvalue weighted by molar-refractivity contribution is 6.36. The third-order valence-electron chi connectivity index (χ3n) is 1.63. The second kappa shape index (κ2) is 2.90. The Morgan fingerprint density at radius 1 is 1.23 bits per heavy atom. The fourth-order valence-electron chi connectivity index (χ4n) is 1.05. The number of carbonyl (C=O) groups excluding carboxylic acids is 1. The average Bonchev–Trinajstić information content (AvgIpc) is 2.53. The number of hydrogen-bond donors (Lipinski definition) is 0. The molecule has 0 saturated heterocycles. The first-order valence-corrected chi connectivity index (χ1v) is 3.69. The Kier molecular flexibility index (Phi) is 1.73. The van der Waals surface area contributed by atoms with E-state index >= 15 is 0 Å². The van der Waals surface area contributed by atoms with E-state index in [0.717, 1.165) is 6.21 Å². The van der Waals surface area contributed by atoms with Crippen LogP contribution < -0.4 is 0 Å². The zero-order valence-electron chi connectivity index (χ0n) is 6.57. The number of amidine groups is 1. The number of aliphatic imine (C=N–C) groups is 2. The van der Waals surface area contributed by atoms with Gasteiger partial charge in [-0.05, 0) is 12.1 Å². The van der Waals surface area contributed by atoms with Gasteiger partial charge in [0.05, 0.1) is 11.8 Å².